The highest BCUT2D eigenvalue weighted by Gasteiger charge is 2.00. The van der Waals surface area contributed by atoms with E-state index in [2.05, 4.69) is 25.5 Å². The second-order valence-corrected chi connectivity index (χ2v) is 3.80. The third-order valence-electron chi connectivity index (χ3n) is 2.48. The number of rotatable bonds is 4. The van der Waals surface area contributed by atoms with Crippen LogP contribution in [-0.4, -0.2) is 26.7 Å². The van der Waals surface area contributed by atoms with Crippen LogP contribution in [-0.2, 0) is 6.42 Å². The van der Waals surface area contributed by atoms with Gasteiger partial charge < -0.3 is 5.32 Å². The number of pyridine rings is 1. The van der Waals surface area contributed by atoms with E-state index in [0.29, 0.717) is 5.95 Å². The molecule has 0 saturated carbocycles. The van der Waals surface area contributed by atoms with Crippen LogP contribution in [0, 0.1) is 13.8 Å². The zero-order valence-corrected chi connectivity index (χ0v) is 10.0. The first kappa shape index (κ1) is 11.4. The maximum Gasteiger partial charge on any atom is 0.242 e. The summed E-state index contributed by atoms with van der Waals surface area (Å²) >= 11 is 0. The molecule has 2 heterocycles. The molecular formula is C12H15N5. The van der Waals surface area contributed by atoms with Crippen LogP contribution in [0.15, 0.2) is 24.4 Å². The summed E-state index contributed by atoms with van der Waals surface area (Å²) in [6.07, 6.45) is 2.64. The van der Waals surface area contributed by atoms with Gasteiger partial charge in [0.05, 0.1) is 11.4 Å². The highest BCUT2D eigenvalue weighted by Crippen LogP contribution is 2.02. The van der Waals surface area contributed by atoms with E-state index in [1.807, 2.05) is 32.0 Å². The molecule has 5 heteroatoms. The minimum Gasteiger partial charge on any atom is -0.353 e. The fourth-order valence-corrected chi connectivity index (χ4v) is 1.38. The van der Waals surface area contributed by atoms with Crippen molar-refractivity contribution in [3.8, 4) is 0 Å². The Hall–Kier alpha value is -2.04. The third kappa shape index (κ3) is 3.21. The van der Waals surface area contributed by atoms with Crippen molar-refractivity contribution < 1.29 is 0 Å². The summed E-state index contributed by atoms with van der Waals surface area (Å²) in [5.41, 5.74) is 2.82. The minimum atomic E-state index is 0.573. The summed E-state index contributed by atoms with van der Waals surface area (Å²) in [4.78, 5) is 8.54. The average Bonchev–Trinajstić information content (AvgIpc) is 2.35. The van der Waals surface area contributed by atoms with Crippen molar-refractivity contribution in [2.24, 2.45) is 0 Å². The quantitative estimate of drug-likeness (QED) is 0.861. The molecule has 88 valence electrons. The largest absolute Gasteiger partial charge is 0.353 e. The van der Waals surface area contributed by atoms with E-state index in [1.165, 1.54) is 0 Å². The maximum atomic E-state index is 4.30. The maximum absolute atomic E-state index is 4.30. The number of hydrogen-bond acceptors (Lipinski definition) is 5. The topological polar surface area (TPSA) is 63.6 Å². The normalized spacial score (nSPS) is 10.2. The molecule has 2 aromatic heterocycles. The molecule has 0 atom stereocenters. The summed E-state index contributed by atoms with van der Waals surface area (Å²) in [6, 6.07) is 5.89. The average molecular weight is 229 g/mol. The molecule has 1 N–H and O–H groups in total. The van der Waals surface area contributed by atoms with Crippen molar-refractivity contribution in [3.63, 3.8) is 0 Å². The first-order valence-electron chi connectivity index (χ1n) is 5.57. The standard InChI is InChI=1S/C12H15N5/c1-9-10(2)16-17-12(15-9)14-8-6-11-5-3-4-7-13-11/h3-5,7H,6,8H2,1-2H3,(H,14,15,17). The van der Waals surface area contributed by atoms with Gasteiger partial charge in [-0.3, -0.25) is 4.98 Å². The molecule has 0 amide bonds. The molecule has 0 aliphatic rings. The molecule has 0 spiro atoms. The van der Waals surface area contributed by atoms with Crippen molar-refractivity contribution in [2.75, 3.05) is 11.9 Å². The molecule has 0 aliphatic carbocycles. The molecule has 0 fully saturated rings. The zero-order valence-electron chi connectivity index (χ0n) is 10.0. The molecule has 17 heavy (non-hydrogen) atoms. The second-order valence-electron chi connectivity index (χ2n) is 3.80. The molecular weight excluding hydrogens is 214 g/mol. The number of nitrogens with one attached hydrogen (secondary N) is 1. The number of anilines is 1. The Kier molecular flexibility index (Phi) is 3.59. The smallest absolute Gasteiger partial charge is 0.242 e. The minimum absolute atomic E-state index is 0.573. The lowest BCUT2D eigenvalue weighted by molar-refractivity contribution is 0.870. The summed E-state index contributed by atoms with van der Waals surface area (Å²) in [5.74, 6) is 0.573. The van der Waals surface area contributed by atoms with Crippen LogP contribution in [0.1, 0.15) is 17.1 Å². The first-order chi connectivity index (χ1) is 8.25. The lowest BCUT2D eigenvalue weighted by atomic mass is 10.3. The van der Waals surface area contributed by atoms with Gasteiger partial charge in [-0.05, 0) is 26.0 Å². The molecule has 2 aromatic rings. The Labute approximate surface area is 100 Å². The van der Waals surface area contributed by atoms with Crippen LogP contribution >= 0.6 is 0 Å². The number of nitrogens with zero attached hydrogens (tertiary/aromatic N) is 4. The van der Waals surface area contributed by atoms with Crippen molar-refractivity contribution in [2.45, 2.75) is 20.3 Å². The van der Waals surface area contributed by atoms with Gasteiger partial charge >= 0.3 is 0 Å². The molecule has 0 radical (unpaired) electrons. The van der Waals surface area contributed by atoms with Crippen LogP contribution in [0.2, 0.25) is 0 Å². The molecule has 2 rings (SSSR count). The Morgan fingerprint density at radius 2 is 2.00 bits per heavy atom. The Balaban J connectivity index is 1.88. The lowest BCUT2D eigenvalue weighted by Gasteiger charge is -2.05. The Bertz CT molecular complexity index is 484. The highest BCUT2D eigenvalue weighted by molar-refractivity contribution is 5.24. The fraction of sp³-hybridized carbons (Fsp3) is 0.333. The fourth-order valence-electron chi connectivity index (χ4n) is 1.38. The molecule has 0 unspecified atom stereocenters. The SMILES string of the molecule is Cc1nnc(NCCc2ccccn2)nc1C. The van der Waals surface area contributed by atoms with E-state index < -0.39 is 0 Å². The molecule has 5 nitrogen and oxygen atoms in total. The van der Waals surface area contributed by atoms with Crippen molar-refractivity contribution in [3.05, 3.63) is 41.5 Å². The van der Waals surface area contributed by atoms with Crippen LogP contribution < -0.4 is 5.32 Å². The van der Waals surface area contributed by atoms with Crippen LogP contribution in [0.5, 0.6) is 0 Å². The van der Waals surface area contributed by atoms with Gasteiger partial charge in [0.15, 0.2) is 0 Å². The van der Waals surface area contributed by atoms with Crippen LogP contribution in [0.25, 0.3) is 0 Å². The van der Waals surface area contributed by atoms with E-state index in [9.17, 15) is 0 Å². The van der Waals surface area contributed by atoms with E-state index >= 15 is 0 Å². The van der Waals surface area contributed by atoms with Gasteiger partial charge in [-0.2, -0.15) is 5.10 Å². The summed E-state index contributed by atoms with van der Waals surface area (Å²) in [7, 11) is 0. The molecule has 0 bridgehead atoms. The van der Waals surface area contributed by atoms with Crippen molar-refractivity contribution >= 4 is 5.95 Å². The Morgan fingerprint density at radius 1 is 1.12 bits per heavy atom. The number of hydrogen-bond donors (Lipinski definition) is 1. The predicted molar refractivity (Wildman–Crippen MR) is 65.7 cm³/mol. The van der Waals surface area contributed by atoms with Gasteiger partial charge in [0.1, 0.15) is 0 Å². The van der Waals surface area contributed by atoms with Gasteiger partial charge in [-0.15, -0.1) is 5.10 Å². The lowest BCUT2D eigenvalue weighted by Crippen LogP contribution is -2.10. The third-order valence-corrected chi connectivity index (χ3v) is 2.48. The monoisotopic (exact) mass is 229 g/mol. The van der Waals surface area contributed by atoms with Crippen molar-refractivity contribution in [1.82, 2.24) is 20.2 Å². The zero-order chi connectivity index (χ0) is 12.1. The van der Waals surface area contributed by atoms with Crippen molar-refractivity contribution in [1.29, 1.82) is 0 Å². The van der Waals surface area contributed by atoms with E-state index in [1.54, 1.807) is 6.20 Å². The van der Waals surface area contributed by atoms with Crippen LogP contribution in [0.3, 0.4) is 0 Å². The van der Waals surface area contributed by atoms with Gasteiger partial charge in [0, 0.05) is 24.9 Å². The second kappa shape index (κ2) is 5.34. The number of aromatic nitrogens is 4. The van der Waals surface area contributed by atoms with Gasteiger partial charge in [-0.1, -0.05) is 6.07 Å². The van der Waals surface area contributed by atoms with E-state index in [-0.39, 0.29) is 0 Å². The summed E-state index contributed by atoms with van der Waals surface area (Å²) in [5, 5.41) is 11.1. The first-order valence-corrected chi connectivity index (χ1v) is 5.57. The summed E-state index contributed by atoms with van der Waals surface area (Å²) < 4.78 is 0. The molecule has 0 aliphatic heterocycles. The van der Waals surface area contributed by atoms with Gasteiger partial charge in [0.25, 0.3) is 0 Å². The van der Waals surface area contributed by atoms with E-state index in [0.717, 1.165) is 30.0 Å². The molecule has 0 saturated heterocycles. The predicted octanol–water partition coefficient (Wildman–Crippen LogP) is 1.54. The summed E-state index contributed by atoms with van der Waals surface area (Å²) in [6.45, 7) is 4.57. The molecule has 0 aromatic carbocycles. The van der Waals surface area contributed by atoms with Crippen LogP contribution in [0.4, 0.5) is 5.95 Å². The number of aryl methyl sites for hydroxylation is 2. The van der Waals surface area contributed by atoms with Gasteiger partial charge in [0.2, 0.25) is 5.95 Å². The van der Waals surface area contributed by atoms with E-state index in [4.69, 9.17) is 0 Å². The van der Waals surface area contributed by atoms with Gasteiger partial charge in [-0.25, -0.2) is 4.98 Å². The Morgan fingerprint density at radius 3 is 2.71 bits per heavy atom. The highest BCUT2D eigenvalue weighted by atomic mass is 15.2.